The molecular formula is C23H22N2O6S2. The van der Waals surface area contributed by atoms with E-state index in [-0.39, 0.29) is 31.2 Å². The van der Waals surface area contributed by atoms with E-state index < -0.39 is 29.3 Å². The molecule has 4 rings (SSSR count). The van der Waals surface area contributed by atoms with E-state index in [1.54, 1.807) is 0 Å². The van der Waals surface area contributed by atoms with Crippen LogP contribution in [0.15, 0.2) is 59.1 Å². The first-order valence-corrected chi connectivity index (χ1v) is 12.2. The average molecular weight is 487 g/mol. The first-order chi connectivity index (χ1) is 15.9. The number of rotatable bonds is 8. The van der Waals surface area contributed by atoms with Crippen molar-refractivity contribution in [2.24, 2.45) is 0 Å². The quantitative estimate of drug-likeness (QED) is 0.451. The van der Waals surface area contributed by atoms with Gasteiger partial charge in [-0.1, -0.05) is 36.4 Å². The van der Waals surface area contributed by atoms with E-state index in [1.807, 2.05) is 47.8 Å². The number of carbonyl (C=O) groups is 4. The highest BCUT2D eigenvalue weighted by atomic mass is 32.2. The molecule has 0 unspecified atom stereocenters. The third-order valence-electron chi connectivity index (χ3n) is 5.13. The van der Waals surface area contributed by atoms with Crippen molar-refractivity contribution in [1.29, 1.82) is 0 Å². The standard InChI is InChI=1S/C23H22N2O6S2/c1-14(26)30-12-16-13-33-22-19(24-18(27)10-17-8-5-9-32-17)21(28)25(22)20(16)23(29)31-11-15-6-3-2-4-7-15/h2-9,19,22H,10-13H2,1H3,(H,24,27)/t19-,22+/m1/s1. The number of carbonyl (C=O) groups excluding carboxylic acids is 4. The second-order valence-electron chi connectivity index (χ2n) is 7.51. The third kappa shape index (κ3) is 5.28. The van der Waals surface area contributed by atoms with Crippen LogP contribution in [0.3, 0.4) is 0 Å². The van der Waals surface area contributed by atoms with Gasteiger partial charge in [-0.3, -0.25) is 19.3 Å². The van der Waals surface area contributed by atoms with Crippen LogP contribution < -0.4 is 5.32 Å². The van der Waals surface area contributed by atoms with Crippen LogP contribution in [0, 0.1) is 0 Å². The second kappa shape index (κ2) is 10.2. The van der Waals surface area contributed by atoms with Crippen molar-refractivity contribution in [3.05, 3.63) is 69.6 Å². The molecule has 1 aromatic heterocycles. The zero-order chi connectivity index (χ0) is 23.4. The zero-order valence-corrected chi connectivity index (χ0v) is 19.4. The van der Waals surface area contributed by atoms with E-state index in [0.717, 1.165) is 10.4 Å². The Morgan fingerprint density at radius 1 is 1.09 bits per heavy atom. The van der Waals surface area contributed by atoms with Gasteiger partial charge in [-0.15, -0.1) is 23.1 Å². The van der Waals surface area contributed by atoms with Crippen molar-refractivity contribution < 1.29 is 28.7 Å². The minimum absolute atomic E-state index is 0.0465. The molecule has 1 saturated heterocycles. The third-order valence-corrected chi connectivity index (χ3v) is 7.35. The van der Waals surface area contributed by atoms with Gasteiger partial charge in [-0.05, 0) is 17.0 Å². The molecule has 0 radical (unpaired) electrons. The predicted octanol–water partition coefficient (Wildman–Crippen LogP) is 2.25. The van der Waals surface area contributed by atoms with Gasteiger partial charge in [0.2, 0.25) is 5.91 Å². The van der Waals surface area contributed by atoms with Crippen molar-refractivity contribution in [1.82, 2.24) is 10.2 Å². The van der Waals surface area contributed by atoms with E-state index in [9.17, 15) is 19.2 Å². The van der Waals surface area contributed by atoms with Crippen LogP contribution in [0.25, 0.3) is 0 Å². The van der Waals surface area contributed by atoms with Crippen LogP contribution in [0.1, 0.15) is 17.4 Å². The summed E-state index contributed by atoms with van der Waals surface area (Å²) in [5.41, 5.74) is 1.40. The molecule has 1 N–H and O–H groups in total. The maximum Gasteiger partial charge on any atom is 0.355 e. The molecule has 1 fully saturated rings. The van der Waals surface area contributed by atoms with Crippen LogP contribution in [-0.2, 0) is 41.7 Å². The SMILES string of the molecule is CC(=O)OCC1=C(C(=O)OCc2ccccc2)N2C(=O)[C@@H](NC(=O)Cc3cccs3)[C@@H]2SC1. The molecule has 10 heteroatoms. The molecule has 2 amide bonds. The number of thiophene rings is 1. The Bertz CT molecular complexity index is 1080. The van der Waals surface area contributed by atoms with Gasteiger partial charge in [-0.25, -0.2) is 4.79 Å². The summed E-state index contributed by atoms with van der Waals surface area (Å²) in [6.07, 6.45) is 0.193. The molecule has 8 nitrogen and oxygen atoms in total. The largest absolute Gasteiger partial charge is 0.461 e. The Morgan fingerprint density at radius 2 is 1.88 bits per heavy atom. The maximum absolute atomic E-state index is 13.0. The molecule has 3 heterocycles. The molecule has 0 spiro atoms. The van der Waals surface area contributed by atoms with Gasteiger partial charge >= 0.3 is 11.9 Å². The summed E-state index contributed by atoms with van der Waals surface area (Å²) < 4.78 is 10.6. The highest BCUT2D eigenvalue weighted by Crippen LogP contribution is 2.40. The Morgan fingerprint density at radius 3 is 2.58 bits per heavy atom. The molecule has 1 aromatic carbocycles. The van der Waals surface area contributed by atoms with Crippen LogP contribution in [0.5, 0.6) is 0 Å². The van der Waals surface area contributed by atoms with E-state index >= 15 is 0 Å². The molecule has 172 valence electrons. The van der Waals surface area contributed by atoms with Crippen LogP contribution >= 0.6 is 23.1 Å². The second-order valence-corrected chi connectivity index (χ2v) is 9.64. The Kier molecular flexibility index (Phi) is 7.14. The molecule has 2 aromatic rings. The Labute approximate surface area is 198 Å². The minimum atomic E-state index is -0.727. The highest BCUT2D eigenvalue weighted by molar-refractivity contribution is 8.00. The summed E-state index contributed by atoms with van der Waals surface area (Å²) >= 11 is 2.88. The van der Waals surface area contributed by atoms with Gasteiger partial charge in [0.15, 0.2) is 0 Å². The van der Waals surface area contributed by atoms with Crippen LogP contribution in [0.4, 0.5) is 0 Å². The highest BCUT2D eigenvalue weighted by Gasteiger charge is 2.54. The normalized spacial score (nSPS) is 19.4. The molecule has 0 saturated carbocycles. The van der Waals surface area contributed by atoms with Crippen molar-refractivity contribution in [2.45, 2.75) is 31.4 Å². The maximum atomic E-state index is 13.0. The lowest BCUT2D eigenvalue weighted by molar-refractivity contribution is -0.153. The van der Waals surface area contributed by atoms with Crippen molar-refractivity contribution >= 4 is 46.9 Å². The Balaban J connectivity index is 1.47. The van der Waals surface area contributed by atoms with E-state index in [1.165, 1.54) is 34.9 Å². The lowest BCUT2D eigenvalue weighted by Crippen LogP contribution is -2.70. The monoisotopic (exact) mass is 486 g/mol. The number of fused-ring (bicyclic) bond motifs is 1. The van der Waals surface area contributed by atoms with E-state index in [4.69, 9.17) is 9.47 Å². The molecule has 2 aliphatic heterocycles. The number of nitrogens with one attached hydrogen (secondary N) is 1. The van der Waals surface area contributed by atoms with Gasteiger partial charge in [0.1, 0.15) is 30.3 Å². The summed E-state index contributed by atoms with van der Waals surface area (Å²) in [4.78, 5) is 51.9. The average Bonchev–Trinajstić information content (AvgIpc) is 3.32. The molecule has 2 aliphatic rings. The van der Waals surface area contributed by atoms with Gasteiger partial charge < -0.3 is 14.8 Å². The zero-order valence-electron chi connectivity index (χ0n) is 17.8. The van der Waals surface area contributed by atoms with E-state index in [2.05, 4.69) is 5.32 Å². The summed E-state index contributed by atoms with van der Waals surface area (Å²) in [6, 6.07) is 12.2. The first kappa shape index (κ1) is 23.1. The minimum Gasteiger partial charge on any atom is -0.461 e. The number of hydrogen-bond donors (Lipinski definition) is 1. The summed E-state index contributed by atoms with van der Waals surface area (Å²) in [6.45, 7) is 1.22. The summed E-state index contributed by atoms with van der Waals surface area (Å²) in [7, 11) is 0. The number of ether oxygens (including phenoxy) is 2. The summed E-state index contributed by atoms with van der Waals surface area (Å²) in [5.74, 6) is -1.42. The smallest absolute Gasteiger partial charge is 0.355 e. The van der Waals surface area contributed by atoms with E-state index in [0.29, 0.717) is 11.3 Å². The fourth-order valence-corrected chi connectivity index (χ4v) is 5.59. The van der Waals surface area contributed by atoms with Crippen molar-refractivity contribution in [3.8, 4) is 0 Å². The number of thioether (sulfide) groups is 1. The molecule has 33 heavy (non-hydrogen) atoms. The van der Waals surface area contributed by atoms with Gasteiger partial charge in [0.25, 0.3) is 5.91 Å². The van der Waals surface area contributed by atoms with Crippen LogP contribution in [0.2, 0.25) is 0 Å². The number of amides is 2. The number of esters is 2. The molecule has 0 aliphatic carbocycles. The van der Waals surface area contributed by atoms with Gasteiger partial charge in [0, 0.05) is 23.1 Å². The fraction of sp³-hybridized carbons (Fsp3) is 0.304. The molecule has 2 atom stereocenters. The molecular weight excluding hydrogens is 464 g/mol. The summed E-state index contributed by atoms with van der Waals surface area (Å²) in [5, 5.41) is 4.24. The fourth-order valence-electron chi connectivity index (χ4n) is 3.56. The van der Waals surface area contributed by atoms with Crippen LogP contribution in [-0.4, -0.2) is 52.4 Å². The number of hydrogen-bond acceptors (Lipinski definition) is 8. The number of nitrogens with zero attached hydrogens (tertiary/aromatic N) is 1. The van der Waals surface area contributed by atoms with Gasteiger partial charge in [-0.2, -0.15) is 0 Å². The molecule has 0 bridgehead atoms. The Hall–Kier alpha value is -3.11. The lowest BCUT2D eigenvalue weighted by atomic mass is 10.0. The van der Waals surface area contributed by atoms with Gasteiger partial charge in [0.05, 0.1) is 6.42 Å². The first-order valence-electron chi connectivity index (χ1n) is 10.3. The number of benzene rings is 1. The predicted molar refractivity (Wildman–Crippen MR) is 123 cm³/mol. The van der Waals surface area contributed by atoms with Crippen molar-refractivity contribution in [2.75, 3.05) is 12.4 Å². The number of β-lactam (4-membered cyclic amide) rings is 1. The lowest BCUT2D eigenvalue weighted by Gasteiger charge is -2.49. The van der Waals surface area contributed by atoms with Crippen molar-refractivity contribution in [3.63, 3.8) is 0 Å². The topological polar surface area (TPSA) is 102 Å².